The van der Waals surface area contributed by atoms with E-state index in [1.165, 1.54) is 12.3 Å². The number of aliphatic hydroxyl groups excluding tert-OH is 1. The Kier molecular flexibility index (Phi) is 6.94. The van der Waals surface area contributed by atoms with Crippen molar-refractivity contribution in [3.05, 3.63) is 53.7 Å². The van der Waals surface area contributed by atoms with E-state index in [0.29, 0.717) is 12.2 Å². The molecule has 0 saturated carbocycles. The fourth-order valence-corrected chi connectivity index (χ4v) is 2.38. The molecule has 2 aromatic rings. The van der Waals surface area contributed by atoms with Crippen molar-refractivity contribution in [2.75, 3.05) is 6.61 Å². The van der Waals surface area contributed by atoms with Gasteiger partial charge in [0.05, 0.1) is 12.6 Å². The molecule has 0 aliphatic rings. The lowest BCUT2D eigenvalue weighted by Gasteiger charge is -2.22. The highest BCUT2D eigenvalue weighted by molar-refractivity contribution is 5.95. The van der Waals surface area contributed by atoms with Gasteiger partial charge in [0.15, 0.2) is 0 Å². The molecule has 0 unspecified atom stereocenters. The molecule has 0 fully saturated rings. The van der Waals surface area contributed by atoms with Gasteiger partial charge in [0.25, 0.3) is 5.91 Å². The van der Waals surface area contributed by atoms with Crippen LogP contribution in [0.5, 0.6) is 11.6 Å². The van der Waals surface area contributed by atoms with E-state index in [-0.39, 0.29) is 18.1 Å². The molecule has 0 aliphatic heterocycles. The first kappa shape index (κ1) is 21.2. The number of nitrogens with two attached hydrogens (primary N) is 1. The van der Waals surface area contributed by atoms with Crippen LogP contribution in [0.3, 0.4) is 0 Å². The zero-order valence-electron chi connectivity index (χ0n) is 16.1. The number of alkyl carbamates (subject to hydrolysis) is 1. The Morgan fingerprint density at radius 1 is 1.21 bits per heavy atom. The van der Waals surface area contributed by atoms with Gasteiger partial charge >= 0.3 is 6.09 Å². The summed E-state index contributed by atoms with van der Waals surface area (Å²) in [5.41, 5.74) is 5.76. The van der Waals surface area contributed by atoms with Crippen molar-refractivity contribution in [3.8, 4) is 11.6 Å². The van der Waals surface area contributed by atoms with Gasteiger partial charge in [-0.2, -0.15) is 0 Å². The topological polar surface area (TPSA) is 124 Å². The van der Waals surface area contributed by atoms with Crippen molar-refractivity contribution in [2.45, 2.75) is 38.8 Å². The number of nitrogens with one attached hydrogen (secondary N) is 1. The van der Waals surface area contributed by atoms with E-state index in [1.54, 1.807) is 51.1 Å². The average Bonchev–Trinajstić information content (AvgIpc) is 2.61. The quantitative estimate of drug-likeness (QED) is 0.670. The van der Waals surface area contributed by atoms with Crippen LogP contribution in [0.2, 0.25) is 0 Å². The highest BCUT2D eigenvalue weighted by Crippen LogP contribution is 2.23. The van der Waals surface area contributed by atoms with E-state index in [0.717, 1.165) is 5.56 Å². The fraction of sp³-hybridized carbons (Fsp3) is 0.350. The van der Waals surface area contributed by atoms with E-state index < -0.39 is 23.6 Å². The molecule has 0 radical (unpaired) electrons. The van der Waals surface area contributed by atoms with E-state index in [1.807, 2.05) is 0 Å². The third-order valence-corrected chi connectivity index (χ3v) is 3.60. The lowest BCUT2D eigenvalue weighted by molar-refractivity contribution is 0.0482. The number of hydrogen-bond donors (Lipinski definition) is 3. The Bertz CT molecular complexity index is 815. The first-order valence-corrected chi connectivity index (χ1v) is 8.80. The maximum Gasteiger partial charge on any atom is 0.407 e. The smallest absolute Gasteiger partial charge is 0.407 e. The molecule has 2 amide bonds. The summed E-state index contributed by atoms with van der Waals surface area (Å²) in [4.78, 5) is 27.3. The maximum absolute atomic E-state index is 11.9. The summed E-state index contributed by atoms with van der Waals surface area (Å²) in [7, 11) is 0. The lowest BCUT2D eigenvalue weighted by Crippen LogP contribution is -2.42. The van der Waals surface area contributed by atoms with Crippen LogP contribution in [-0.4, -0.2) is 40.3 Å². The molecule has 28 heavy (non-hydrogen) atoms. The molecule has 0 aliphatic carbocycles. The first-order chi connectivity index (χ1) is 13.2. The van der Waals surface area contributed by atoms with E-state index in [2.05, 4.69) is 10.3 Å². The normalized spacial score (nSPS) is 12.1. The third-order valence-electron chi connectivity index (χ3n) is 3.60. The molecule has 8 heteroatoms. The summed E-state index contributed by atoms with van der Waals surface area (Å²) in [5.74, 6) is -0.0214. The number of carbonyl (C=O) groups is 2. The molecule has 1 atom stereocenters. The Hall–Kier alpha value is -3.13. The maximum atomic E-state index is 11.9. The number of primary amides is 1. The van der Waals surface area contributed by atoms with Crippen LogP contribution in [0.4, 0.5) is 4.79 Å². The van der Waals surface area contributed by atoms with Gasteiger partial charge in [0.2, 0.25) is 5.88 Å². The minimum absolute atomic E-state index is 0.127. The molecule has 8 nitrogen and oxygen atoms in total. The van der Waals surface area contributed by atoms with Crippen molar-refractivity contribution < 1.29 is 24.2 Å². The lowest BCUT2D eigenvalue weighted by atomic mass is 10.1. The van der Waals surface area contributed by atoms with Crippen molar-refractivity contribution in [3.63, 3.8) is 0 Å². The Balaban J connectivity index is 2.00. The number of aliphatic hydroxyl groups is 1. The summed E-state index contributed by atoms with van der Waals surface area (Å²) in [5, 5.41) is 12.2. The number of nitrogens with zero attached hydrogens (tertiary/aromatic N) is 1. The van der Waals surface area contributed by atoms with E-state index in [9.17, 15) is 14.7 Å². The fourth-order valence-electron chi connectivity index (χ4n) is 2.38. The van der Waals surface area contributed by atoms with Gasteiger partial charge in [0.1, 0.15) is 16.9 Å². The molecular formula is C20H25N3O5. The average molecular weight is 387 g/mol. The van der Waals surface area contributed by atoms with Gasteiger partial charge in [-0.1, -0.05) is 12.1 Å². The van der Waals surface area contributed by atoms with Gasteiger partial charge in [-0.25, -0.2) is 9.78 Å². The van der Waals surface area contributed by atoms with Gasteiger partial charge in [0, 0.05) is 6.20 Å². The summed E-state index contributed by atoms with van der Waals surface area (Å²) < 4.78 is 10.8. The van der Waals surface area contributed by atoms with Crippen LogP contribution < -0.4 is 15.8 Å². The highest BCUT2D eigenvalue weighted by Gasteiger charge is 2.19. The van der Waals surface area contributed by atoms with Gasteiger partial charge in [-0.05, 0) is 57.0 Å². The summed E-state index contributed by atoms with van der Waals surface area (Å²) in [6.45, 7) is 5.08. The van der Waals surface area contributed by atoms with Crippen molar-refractivity contribution in [1.82, 2.24) is 10.3 Å². The number of aromatic nitrogens is 1. The summed E-state index contributed by atoms with van der Waals surface area (Å²) >= 11 is 0. The van der Waals surface area contributed by atoms with Crippen molar-refractivity contribution in [1.29, 1.82) is 0 Å². The summed E-state index contributed by atoms with van der Waals surface area (Å²) in [6, 6.07) is 9.64. The molecule has 0 spiro atoms. The molecular weight excluding hydrogens is 362 g/mol. The second-order valence-corrected chi connectivity index (χ2v) is 7.20. The molecule has 1 aromatic carbocycles. The Morgan fingerprint density at radius 3 is 2.46 bits per heavy atom. The third kappa shape index (κ3) is 6.55. The van der Waals surface area contributed by atoms with Crippen LogP contribution in [0.15, 0.2) is 42.6 Å². The number of ether oxygens (including phenoxy) is 2. The second-order valence-electron chi connectivity index (χ2n) is 7.20. The Morgan fingerprint density at radius 2 is 1.89 bits per heavy atom. The van der Waals surface area contributed by atoms with E-state index in [4.69, 9.17) is 15.2 Å². The Labute approximate surface area is 163 Å². The van der Waals surface area contributed by atoms with Crippen LogP contribution >= 0.6 is 0 Å². The van der Waals surface area contributed by atoms with Gasteiger partial charge < -0.3 is 25.6 Å². The number of carbonyl (C=O) groups excluding carboxylic acids is 2. The molecule has 4 N–H and O–H groups in total. The molecule has 150 valence electrons. The zero-order valence-corrected chi connectivity index (χ0v) is 16.1. The summed E-state index contributed by atoms with van der Waals surface area (Å²) in [6.07, 6.45) is 1.33. The molecule has 0 bridgehead atoms. The largest absolute Gasteiger partial charge is 0.444 e. The molecule has 2 rings (SSSR count). The number of amides is 2. The van der Waals surface area contributed by atoms with Crippen molar-refractivity contribution >= 4 is 12.0 Å². The zero-order chi connectivity index (χ0) is 20.7. The minimum atomic E-state index is -0.626. The van der Waals surface area contributed by atoms with Crippen molar-refractivity contribution in [2.24, 2.45) is 5.73 Å². The molecule has 1 heterocycles. The standard InChI is InChI=1S/C20H25N3O5/c1-20(2,3)28-19(26)23-14(12-24)11-13-6-8-15(9-7-13)27-18-16(17(21)25)5-4-10-22-18/h4-10,14,24H,11-12H2,1-3H3,(H2,21,25)(H,23,26)/t14-/m0/s1. The number of rotatable bonds is 7. The van der Waals surface area contributed by atoms with E-state index >= 15 is 0 Å². The second kappa shape index (κ2) is 9.18. The van der Waals surface area contributed by atoms with Gasteiger partial charge in [-0.3, -0.25) is 4.79 Å². The first-order valence-electron chi connectivity index (χ1n) is 8.80. The van der Waals surface area contributed by atoms with Crippen LogP contribution in [0, 0.1) is 0 Å². The predicted molar refractivity (Wildman–Crippen MR) is 103 cm³/mol. The number of benzene rings is 1. The van der Waals surface area contributed by atoms with Gasteiger partial charge in [-0.15, -0.1) is 0 Å². The van der Waals surface area contributed by atoms with Crippen LogP contribution in [0.25, 0.3) is 0 Å². The molecule has 1 aromatic heterocycles. The number of pyridine rings is 1. The highest BCUT2D eigenvalue weighted by atomic mass is 16.6. The molecule has 0 saturated heterocycles. The minimum Gasteiger partial charge on any atom is -0.444 e. The number of hydrogen-bond acceptors (Lipinski definition) is 6. The van der Waals surface area contributed by atoms with Crippen LogP contribution in [0.1, 0.15) is 36.7 Å². The monoisotopic (exact) mass is 387 g/mol. The SMILES string of the molecule is CC(C)(C)OC(=O)N[C@H](CO)Cc1ccc(Oc2ncccc2C(N)=O)cc1. The van der Waals surface area contributed by atoms with Crippen LogP contribution in [-0.2, 0) is 11.2 Å². The predicted octanol–water partition coefficient (Wildman–Crippen LogP) is 2.40.